The van der Waals surface area contributed by atoms with Gasteiger partial charge in [-0.15, -0.1) is 0 Å². The van der Waals surface area contributed by atoms with E-state index in [1.54, 1.807) is 0 Å². The van der Waals surface area contributed by atoms with Crippen molar-refractivity contribution in [3.05, 3.63) is 28.8 Å². The summed E-state index contributed by atoms with van der Waals surface area (Å²) in [4.78, 5) is 2.46. The second kappa shape index (κ2) is 2.65. The highest BCUT2D eigenvalue weighted by atomic mass is 35.5. The summed E-state index contributed by atoms with van der Waals surface area (Å²) in [6.07, 6.45) is 2.66. The summed E-state index contributed by atoms with van der Waals surface area (Å²) in [6, 6.07) is 6.33. The number of benzene rings is 1. The van der Waals surface area contributed by atoms with E-state index in [4.69, 9.17) is 11.6 Å². The van der Waals surface area contributed by atoms with Crippen molar-refractivity contribution in [3.8, 4) is 0 Å². The van der Waals surface area contributed by atoms with Gasteiger partial charge >= 0.3 is 0 Å². The molecule has 1 saturated heterocycles. The number of piperidine rings is 1. The molecule has 1 fully saturated rings. The van der Waals surface area contributed by atoms with Crippen molar-refractivity contribution in [2.45, 2.75) is 18.8 Å². The van der Waals surface area contributed by atoms with Crippen LogP contribution in [0.1, 0.15) is 24.3 Å². The quantitative estimate of drug-likeness (QED) is 0.612. The zero-order valence-electron chi connectivity index (χ0n) is 7.46. The van der Waals surface area contributed by atoms with Crippen LogP contribution < -0.4 is 4.90 Å². The highest BCUT2D eigenvalue weighted by Gasteiger charge is 2.30. The first-order valence-corrected chi connectivity index (χ1v) is 5.27. The van der Waals surface area contributed by atoms with E-state index in [-0.39, 0.29) is 0 Å². The maximum absolute atomic E-state index is 5.99. The predicted octanol–water partition coefficient (Wildman–Crippen LogP) is 3.04. The summed E-state index contributed by atoms with van der Waals surface area (Å²) < 4.78 is 0. The van der Waals surface area contributed by atoms with Crippen molar-refractivity contribution >= 4 is 17.3 Å². The predicted molar refractivity (Wildman–Crippen MR) is 55.6 cm³/mol. The van der Waals surface area contributed by atoms with Gasteiger partial charge in [-0.1, -0.05) is 17.7 Å². The fraction of sp³-hybridized carbons (Fsp3) is 0.455. The summed E-state index contributed by atoms with van der Waals surface area (Å²) in [5.41, 5.74) is 2.90. The van der Waals surface area contributed by atoms with Crippen LogP contribution in [0.4, 0.5) is 5.69 Å². The van der Waals surface area contributed by atoms with E-state index in [1.807, 2.05) is 6.07 Å². The lowest BCUT2D eigenvalue weighted by molar-refractivity contribution is 0.475. The number of rotatable bonds is 0. The monoisotopic (exact) mass is 193 g/mol. The van der Waals surface area contributed by atoms with E-state index in [2.05, 4.69) is 17.0 Å². The Labute approximate surface area is 83.3 Å². The van der Waals surface area contributed by atoms with E-state index < -0.39 is 0 Å². The number of halogens is 1. The maximum Gasteiger partial charge on any atom is 0.0426 e. The second-order valence-electron chi connectivity index (χ2n) is 3.96. The van der Waals surface area contributed by atoms with Gasteiger partial charge in [-0.3, -0.25) is 0 Å². The summed E-state index contributed by atoms with van der Waals surface area (Å²) in [6.45, 7) is 2.44. The third-order valence-electron chi connectivity index (χ3n) is 3.27. The first-order chi connectivity index (χ1) is 6.34. The Kier molecular flexibility index (Phi) is 1.57. The van der Waals surface area contributed by atoms with Gasteiger partial charge in [0.1, 0.15) is 0 Å². The molecule has 0 aliphatic carbocycles. The van der Waals surface area contributed by atoms with E-state index in [9.17, 15) is 0 Å². The topological polar surface area (TPSA) is 3.24 Å². The molecule has 0 aromatic heterocycles. The largest absolute Gasteiger partial charge is 0.371 e. The molecule has 68 valence electrons. The molecule has 0 unspecified atom stereocenters. The summed E-state index contributed by atoms with van der Waals surface area (Å²) in [5, 5.41) is 0.867. The first kappa shape index (κ1) is 7.69. The number of hydrogen-bond acceptors (Lipinski definition) is 1. The van der Waals surface area contributed by atoms with Crippen LogP contribution in [0.5, 0.6) is 0 Å². The van der Waals surface area contributed by atoms with Crippen molar-refractivity contribution in [3.63, 3.8) is 0 Å². The zero-order valence-corrected chi connectivity index (χ0v) is 8.22. The van der Waals surface area contributed by atoms with E-state index in [0.29, 0.717) is 0 Å². The maximum atomic E-state index is 5.99. The molecule has 0 radical (unpaired) electrons. The van der Waals surface area contributed by atoms with Crippen LogP contribution in [-0.2, 0) is 0 Å². The Morgan fingerprint density at radius 1 is 1.23 bits per heavy atom. The van der Waals surface area contributed by atoms with Gasteiger partial charge < -0.3 is 4.90 Å². The smallest absolute Gasteiger partial charge is 0.0426 e. The summed E-state index contributed by atoms with van der Waals surface area (Å²) in [5.74, 6) is 0.803. The zero-order chi connectivity index (χ0) is 8.84. The van der Waals surface area contributed by atoms with Gasteiger partial charge in [0, 0.05) is 23.8 Å². The van der Waals surface area contributed by atoms with Crippen LogP contribution in [0, 0.1) is 0 Å². The van der Waals surface area contributed by atoms with Gasteiger partial charge in [0.05, 0.1) is 0 Å². The third kappa shape index (κ3) is 1.07. The van der Waals surface area contributed by atoms with Gasteiger partial charge in [0.2, 0.25) is 0 Å². The molecule has 3 heterocycles. The second-order valence-corrected chi connectivity index (χ2v) is 4.40. The van der Waals surface area contributed by atoms with E-state index in [0.717, 1.165) is 10.9 Å². The highest BCUT2D eigenvalue weighted by Crippen LogP contribution is 2.42. The molecule has 13 heavy (non-hydrogen) atoms. The molecular formula is C11H12ClN. The molecule has 0 saturated carbocycles. The molecule has 2 bridgehead atoms. The molecule has 3 aliphatic heterocycles. The summed E-state index contributed by atoms with van der Waals surface area (Å²) in [7, 11) is 0. The fourth-order valence-electron chi connectivity index (χ4n) is 2.57. The van der Waals surface area contributed by atoms with E-state index >= 15 is 0 Å². The standard InChI is InChI=1S/C11H12ClN/c12-9-1-2-10-8-3-5-13(6-4-8)11(10)7-9/h1-2,7-8H,3-6H2. The van der Waals surface area contributed by atoms with Gasteiger partial charge in [0.25, 0.3) is 0 Å². The minimum Gasteiger partial charge on any atom is -0.371 e. The molecule has 2 heteroatoms. The van der Waals surface area contributed by atoms with E-state index in [1.165, 1.54) is 37.2 Å². The van der Waals surface area contributed by atoms with Gasteiger partial charge in [0.15, 0.2) is 0 Å². The number of nitrogens with zero attached hydrogens (tertiary/aromatic N) is 1. The molecule has 1 aromatic rings. The lowest BCUT2D eigenvalue weighted by atomic mass is 9.83. The van der Waals surface area contributed by atoms with Crippen molar-refractivity contribution in [2.24, 2.45) is 0 Å². The van der Waals surface area contributed by atoms with Crippen LogP contribution in [0.2, 0.25) is 5.02 Å². The number of anilines is 1. The molecule has 0 N–H and O–H groups in total. The first-order valence-electron chi connectivity index (χ1n) is 4.89. The molecule has 0 spiro atoms. The minimum absolute atomic E-state index is 0.803. The minimum atomic E-state index is 0.803. The highest BCUT2D eigenvalue weighted by molar-refractivity contribution is 6.30. The van der Waals surface area contributed by atoms with Crippen LogP contribution in [0.25, 0.3) is 0 Å². The fourth-order valence-corrected chi connectivity index (χ4v) is 2.73. The number of hydrogen-bond donors (Lipinski definition) is 0. The van der Waals surface area contributed by atoms with Crippen LogP contribution in [0.15, 0.2) is 18.2 Å². The van der Waals surface area contributed by atoms with Crippen molar-refractivity contribution < 1.29 is 0 Å². The summed E-state index contributed by atoms with van der Waals surface area (Å²) >= 11 is 5.99. The molecular weight excluding hydrogens is 182 g/mol. The van der Waals surface area contributed by atoms with Crippen LogP contribution >= 0.6 is 11.6 Å². The molecule has 0 amide bonds. The SMILES string of the molecule is Clc1ccc2c(c1)N1CCC2CC1. The Balaban J connectivity index is 2.18. The molecule has 1 nitrogen and oxygen atoms in total. The third-order valence-corrected chi connectivity index (χ3v) is 3.50. The number of fused-ring (bicyclic) bond motifs is 2. The Bertz CT molecular complexity index is 340. The Hall–Kier alpha value is -0.690. The lowest BCUT2D eigenvalue weighted by Crippen LogP contribution is -2.38. The van der Waals surface area contributed by atoms with Crippen LogP contribution in [-0.4, -0.2) is 13.1 Å². The average Bonchev–Trinajstić information content (AvgIpc) is 2.19. The molecule has 4 rings (SSSR count). The molecule has 1 aromatic carbocycles. The van der Waals surface area contributed by atoms with Crippen molar-refractivity contribution in [1.82, 2.24) is 0 Å². The normalized spacial score (nSPS) is 20.5. The van der Waals surface area contributed by atoms with Gasteiger partial charge in [-0.25, -0.2) is 0 Å². The molecule has 0 atom stereocenters. The van der Waals surface area contributed by atoms with Crippen molar-refractivity contribution in [1.29, 1.82) is 0 Å². The van der Waals surface area contributed by atoms with Crippen LogP contribution in [0.3, 0.4) is 0 Å². The Morgan fingerprint density at radius 2 is 2.00 bits per heavy atom. The molecule has 3 aliphatic rings. The van der Waals surface area contributed by atoms with Gasteiger partial charge in [-0.2, -0.15) is 0 Å². The van der Waals surface area contributed by atoms with Gasteiger partial charge in [-0.05, 0) is 36.5 Å². The lowest BCUT2D eigenvalue weighted by Gasteiger charge is -2.42. The average molecular weight is 194 g/mol. The Morgan fingerprint density at radius 3 is 2.77 bits per heavy atom. The van der Waals surface area contributed by atoms with Crippen molar-refractivity contribution in [2.75, 3.05) is 18.0 Å².